The Kier molecular flexibility index (Phi) is 4.64. The van der Waals surface area contributed by atoms with Crippen LogP contribution in [0.1, 0.15) is 12.8 Å². The highest BCUT2D eigenvalue weighted by Gasteiger charge is 2.27. The van der Waals surface area contributed by atoms with Gasteiger partial charge in [0.05, 0.1) is 22.2 Å². The molecule has 0 unspecified atom stereocenters. The fraction of sp³-hybridized carbons (Fsp3) is 0.263. The first-order valence-electron chi connectivity index (χ1n) is 8.84. The number of nitrogens with one attached hydrogen (secondary N) is 1. The van der Waals surface area contributed by atoms with Crippen LogP contribution in [0.15, 0.2) is 47.5 Å². The second-order valence-corrected chi connectivity index (χ2v) is 6.61. The van der Waals surface area contributed by atoms with E-state index in [-0.39, 0.29) is 23.0 Å². The molecule has 0 radical (unpaired) electrons. The summed E-state index contributed by atoms with van der Waals surface area (Å²) in [6.45, 7) is 1.11. The molecule has 0 bridgehead atoms. The SMILES string of the molecule is O=c1[nH]cnc2cc(N3CCC(Oc4ccc(F)cc4)CC3)c([N+](=O)[O-])cc12. The van der Waals surface area contributed by atoms with Gasteiger partial charge in [-0.15, -0.1) is 0 Å². The number of H-pyrrole nitrogens is 1. The smallest absolute Gasteiger partial charge is 0.293 e. The number of ether oxygens (including phenoxy) is 1. The van der Waals surface area contributed by atoms with E-state index in [1.54, 1.807) is 18.2 Å². The number of benzene rings is 2. The summed E-state index contributed by atoms with van der Waals surface area (Å²) in [4.78, 5) is 31.4. The molecule has 28 heavy (non-hydrogen) atoms. The molecule has 3 aromatic rings. The highest BCUT2D eigenvalue weighted by atomic mass is 19.1. The van der Waals surface area contributed by atoms with Gasteiger partial charge in [-0.1, -0.05) is 0 Å². The van der Waals surface area contributed by atoms with Gasteiger partial charge >= 0.3 is 0 Å². The lowest BCUT2D eigenvalue weighted by atomic mass is 10.1. The van der Waals surface area contributed by atoms with Gasteiger partial charge in [0.2, 0.25) is 0 Å². The fourth-order valence-corrected chi connectivity index (χ4v) is 3.41. The van der Waals surface area contributed by atoms with Crippen LogP contribution in [0, 0.1) is 15.9 Å². The second-order valence-electron chi connectivity index (χ2n) is 6.61. The molecule has 0 saturated carbocycles. The molecule has 2 heterocycles. The Bertz CT molecular complexity index is 1080. The minimum absolute atomic E-state index is 0.0535. The third-order valence-electron chi connectivity index (χ3n) is 4.83. The van der Waals surface area contributed by atoms with E-state index in [4.69, 9.17) is 4.74 Å². The van der Waals surface area contributed by atoms with Crippen molar-refractivity contribution in [1.82, 2.24) is 9.97 Å². The molecule has 1 aliphatic heterocycles. The van der Waals surface area contributed by atoms with E-state index >= 15 is 0 Å². The summed E-state index contributed by atoms with van der Waals surface area (Å²) >= 11 is 0. The first kappa shape index (κ1) is 17.9. The first-order valence-corrected chi connectivity index (χ1v) is 8.84. The lowest BCUT2D eigenvalue weighted by molar-refractivity contribution is -0.384. The Balaban J connectivity index is 1.54. The van der Waals surface area contributed by atoms with E-state index < -0.39 is 10.5 Å². The molecule has 2 aromatic carbocycles. The van der Waals surface area contributed by atoms with Gasteiger partial charge in [-0.25, -0.2) is 9.37 Å². The van der Waals surface area contributed by atoms with Crippen molar-refractivity contribution < 1.29 is 14.1 Å². The molecule has 144 valence electrons. The summed E-state index contributed by atoms with van der Waals surface area (Å²) in [5.74, 6) is 0.276. The van der Waals surface area contributed by atoms with Gasteiger partial charge in [0, 0.05) is 32.0 Å². The second kappa shape index (κ2) is 7.26. The standard InChI is InChI=1S/C19H17FN4O4/c20-12-1-3-13(4-2-12)28-14-5-7-23(8-6-14)17-10-16-15(9-18(17)24(26)27)19(25)22-11-21-16/h1-4,9-11,14H,5-8H2,(H,21,22,25). The van der Waals surface area contributed by atoms with Crippen LogP contribution < -0.4 is 15.2 Å². The van der Waals surface area contributed by atoms with Crippen LogP contribution in [0.5, 0.6) is 5.75 Å². The molecule has 0 atom stereocenters. The summed E-state index contributed by atoms with van der Waals surface area (Å²) in [6, 6.07) is 8.72. The number of piperidine rings is 1. The van der Waals surface area contributed by atoms with E-state index in [0.717, 1.165) is 0 Å². The average molecular weight is 384 g/mol. The normalized spacial score (nSPS) is 15.0. The summed E-state index contributed by atoms with van der Waals surface area (Å²) in [6.07, 6.45) is 2.55. The number of fused-ring (bicyclic) bond motifs is 1. The molecule has 9 heteroatoms. The van der Waals surface area contributed by atoms with Gasteiger partial charge in [-0.3, -0.25) is 14.9 Å². The van der Waals surface area contributed by atoms with Crippen LogP contribution in [-0.4, -0.2) is 34.1 Å². The van der Waals surface area contributed by atoms with Crippen molar-refractivity contribution >= 4 is 22.3 Å². The van der Waals surface area contributed by atoms with Crippen molar-refractivity contribution in [2.75, 3.05) is 18.0 Å². The molecule has 1 saturated heterocycles. The molecule has 0 aliphatic carbocycles. The Morgan fingerprint density at radius 2 is 1.93 bits per heavy atom. The summed E-state index contributed by atoms with van der Waals surface area (Å²) < 4.78 is 18.9. The molecular formula is C19H17FN4O4. The zero-order chi connectivity index (χ0) is 19.7. The van der Waals surface area contributed by atoms with E-state index in [0.29, 0.717) is 42.9 Å². The molecule has 4 rings (SSSR count). The number of hydrogen-bond donors (Lipinski definition) is 1. The minimum Gasteiger partial charge on any atom is -0.490 e. The fourth-order valence-electron chi connectivity index (χ4n) is 3.41. The van der Waals surface area contributed by atoms with E-state index in [9.17, 15) is 19.3 Å². The van der Waals surface area contributed by atoms with E-state index in [1.807, 2.05) is 4.90 Å². The summed E-state index contributed by atoms with van der Waals surface area (Å²) in [7, 11) is 0. The Labute approximate surface area is 158 Å². The zero-order valence-corrected chi connectivity index (χ0v) is 14.8. The number of aromatic amines is 1. The average Bonchev–Trinajstić information content (AvgIpc) is 2.70. The Morgan fingerprint density at radius 3 is 2.61 bits per heavy atom. The molecule has 0 amide bonds. The van der Waals surface area contributed by atoms with Crippen LogP contribution in [-0.2, 0) is 0 Å². The maximum atomic E-state index is 13.0. The lowest BCUT2D eigenvalue weighted by Crippen LogP contribution is -2.38. The van der Waals surface area contributed by atoms with Gasteiger partial charge in [-0.05, 0) is 30.3 Å². The van der Waals surface area contributed by atoms with Crippen molar-refractivity contribution in [2.24, 2.45) is 0 Å². The Hall–Kier alpha value is -3.49. The van der Waals surface area contributed by atoms with E-state index in [1.165, 1.54) is 24.5 Å². The maximum Gasteiger partial charge on any atom is 0.293 e. The lowest BCUT2D eigenvalue weighted by Gasteiger charge is -2.33. The highest BCUT2D eigenvalue weighted by molar-refractivity contribution is 5.87. The van der Waals surface area contributed by atoms with Crippen molar-refractivity contribution in [1.29, 1.82) is 0 Å². The Morgan fingerprint density at radius 1 is 1.21 bits per heavy atom. The van der Waals surface area contributed by atoms with Crippen LogP contribution in [0.3, 0.4) is 0 Å². The largest absolute Gasteiger partial charge is 0.490 e. The zero-order valence-electron chi connectivity index (χ0n) is 14.8. The van der Waals surface area contributed by atoms with E-state index in [2.05, 4.69) is 9.97 Å². The molecule has 1 fully saturated rings. The van der Waals surface area contributed by atoms with Gasteiger partial charge in [-0.2, -0.15) is 0 Å². The van der Waals surface area contributed by atoms with Crippen molar-refractivity contribution in [3.63, 3.8) is 0 Å². The van der Waals surface area contributed by atoms with Gasteiger partial charge in [0.25, 0.3) is 11.2 Å². The van der Waals surface area contributed by atoms with Crippen LogP contribution in [0.25, 0.3) is 10.9 Å². The minimum atomic E-state index is -0.484. The van der Waals surface area contributed by atoms with Crippen molar-refractivity contribution in [3.05, 3.63) is 69.0 Å². The van der Waals surface area contributed by atoms with Crippen LogP contribution in [0.2, 0.25) is 0 Å². The quantitative estimate of drug-likeness (QED) is 0.548. The van der Waals surface area contributed by atoms with Gasteiger partial charge in [0.1, 0.15) is 23.4 Å². The molecule has 1 aliphatic rings. The van der Waals surface area contributed by atoms with Crippen molar-refractivity contribution in [2.45, 2.75) is 18.9 Å². The number of halogens is 1. The predicted molar refractivity (Wildman–Crippen MR) is 101 cm³/mol. The highest BCUT2D eigenvalue weighted by Crippen LogP contribution is 2.33. The monoisotopic (exact) mass is 384 g/mol. The molecule has 1 aromatic heterocycles. The number of nitrogens with zero attached hydrogens (tertiary/aromatic N) is 3. The number of anilines is 1. The number of aromatic nitrogens is 2. The molecular weight excluding hydrogens is 367 g/mol. The van der Waals surface area contributed by atoms with Gasteiger partial charge < -0.3 is 14.6 Å². The van der Waals surface area contributed by atoms with Crippen LogP contribution in [0.4, 0.5) is 15.8 Å². The number of rotatable bonds is 4. The number of hydrogen-bond acceptors (Lipinski definition) is 6. The first-order chi connectivity index (χ1) is 13.5. The topological polar surface area (TPSA) is 101 Å². The van der Waals surface area contributed by atoms with Crippen LogP contribution >= 0.6 is 0 Å². The third kappa shape index (κ3) is 3.51. The molecule has 8 nitrogen and oxygen atoms in total. The third-order valence-corrected chi connectivity index (χ3v) is 4.83. The predicted octanol–water partition coefficient (Wildman–Crippen LogP) is 3.02. The summed E-state index contributed by atoms with van der Waals surface area (Å²) in [5.41, 5.74) is 0.319. The molecule has 0 spiro atoms. The maximum absolute atomic E-state index is 13.0. The van der Waals surface area contributed by atoms with Crippen molar-refractivity contribution in [3.8, 4) is 5.75 Å². The summed E-state index contributed by atoms with van der Waals surface area (Å²) in [5, 5.41) is 11.7. The number of nitro benzene ring substituents is 1. The number of nitro groups is 1. The van der Waals surface area contributed by atoms with Gasteiger partial charge in [0.15, 0.2) is 0 Å². The molecule has 1 N–H and O–H groups in total.